The molecule has 1 aliphatic heterocycles. The molecule has 84 valence electrons. The van der Waals surface area contributed by atoms with E-state index in [1.165, 1.54) is 0 Å². The van der Waals surface area contributed by atoms with Crippen LogP contribution in [0.2, 0.25) is 0 Å². The molecule has 0 aromatic carbocycles. The monoisotopic (exact) mass is 222 g/mol. The van der Waals surface area contributed by atoms with Gasteiger partial charge >= 0.3 is 7.60 Å². The fourth-order valence-electron chi connectivity index (χ4n) is 1.80. The maximum absolute atomic E-state index is 11.3. The van der Waals surface area contributed by atoms with Crippen LogP contribution in [0.3, 0.4) is 0 Å². The Balaban J connectivity index is 2.61. The van der Waals surface area contributed by atoms with Crippen LogP contribution in [0.5, 0.6) is 0 Å². The van der Waals surface area contributed by atoms with Crippen molar-refractivity contribution in [2.45, 2.75) is 25.5 Å². The van der Waals surface area contributed by atoms with Gasteiger partial charge in [0.2, 0.25) is 0 Å². The molecule has 1 unspecified atom stereocenters. The molecule has 1 rings (SSSR count). The van der Waals surface area contributed by atoms with E-state index in [-0.39, 0.29) is 0 Å². The van der Waals surface area contributed by atoms with Crippen molar-refractivity contribution in [2.75, 3.05) is 26.2 Å². The van der Waals surface area contributed by atoms with Crippen molar-refractivity contribution in [3.8, 4) is 0 Å². The molecule has 1 fully saturated rings. The Morgan fingerprint density at radius 2 is 2.00 bits per heavy atom. The largest absolute Gasteiger partial charge is 0.342 e. The standard InChI is InChI=1S/C8H19N2O3P/c1-2-3-8(14(11,12)13)10-6-4-9-5-7-10/h8-9H,2-7H2,1H3,(H2,11,12,13). The van der Waals surface area contributed by atoms with Crippen LogP contribution in [0, 0.1) is 0 Å². The minimum absolute atomic E-state index is 0.574. The maximum Gasteiger partial charge on any atom is 0.342 e. The highest BCUT2D eigenvalue weighted by atomic mass is 31.2. The third kappa shape index (κ3) is 3.33. The Kier molecular flexibility index (Phi) is 4.54. The Hall–Kier alpha value is 0.0700. The molecule has 14 heavy (non-hydrogen) atoms. The van der Waals surface area contributed by atoms with E-state index in [0.717, 1.165) is 32.6 Å². The second-order valence-electron chi connectivity index (χ2n) is 3.64. The van der Waals surface area contributed by atoms with Crippen LogP contribution in [0.25, 0.3) is 0 Å². The molecule has 6 heteroatoms. The summed E-state index contributed by atoms with van der Waals surface area (Å²) in [5, 5.41) is 3.17. The number of hydrogen-bond donors (Lipinski definition) is 3. The lowest BCUT2D eigenvalue weighted by Gasteiger charge is -2.34. The predicted octanol–water partition coefficient (Wildman–Crippen LogP) is 0.196. The third-order valence-electron chi connectivity index (χ3n) is 2.51. The second-order valence-corrected chi connectivity index (χ2v) is 5.42. The fourth-order valence-corrected chi connectivity index (χ4v) is 3.05. The van der Waals surface area contributed by atoms with Crippen LogP contribution in [-0.4, -0.2) is 46.6 Å². The van der Waals surface area contributed by atoms with Gasteiger partial charge in [-0.1, -0.05) is 13.3 Å². The molecule has 0 spiro atoms. The van der Waals surface area contributed by atoms with E-state index in [1.807, 2.05) is 11.8 Å². The van der Waals surface area contributed by atoms with Gasteiger partial charge < -0.3 is 15.1 Å². The molecule has 0 aliphatic carbocycles. The van der Waals surface area contributed by atoms with Crippen molar-refractivity contribution in [1.82, 2.24) is 10.2 Å². The quantitative estimate of drug-likeness (QED) is 0.592. The molecule has 0 saturated carbocycles. The number of nitrogens with zero attached hydrogens (tertiary/aromatic N) is 1. The molecule has 1 aliphatic rings. The van der Waals surface area contributed by atoms with Crippen LogP contribution in [0.1, 0.15) is 19.8 Å². The molecule has 1 atom stereocenters. The summed E-state index contributed by atoms with van der Waals surface area (Å²) in [5.74, 6) is -0.574. The number of hydrogen-bond acceptors (Lipinski definition) is 3. The Morgan fingerprint density at radius 1 is 1.43 bits per heavy atom. The van der Waals surface area contributed by atoms with Gasteiger partial charge in [-0.3, -0.25) is 9.46 Å². The van der Waals surface area contributed by atoms with E-state index in [9.17, 15) is 14.4 Å². The van der Waals surface area contributed by atoms with Gasteiger partial charge in [-0.25, -0.2) is 0 Å². The van der Waals surface area contributed by atoms with Gasteiger partial charge in [0.1, 0.15) is 5.78 Å². The van der Waals surface area contributed by atoms with Crippen molar-refractivity contribution in [1.29, 1.82) is 0 Å². The van der Waals surface area contributed by atoms with Crippen LogP contribution in [-0.2, 0) is 4.57 Å². The summed E-state index contributed by atoms with van der Waals surface area (Å²) in [5.41, 5.74) is 0. The Bertz CT molecular complexity index is 213. The van der Waals surface area contributed by atoms with Crippen LogP contribution >= 0.6 is 7.60 Å². The average molecular weight is 222 g/mol. The molecule has 1 heterocycles. The lowest BCUT2D eigenvalue weighted by atomic mass is 10.3. The third-order valence-corrected chi connectivity index (χ3v) is 3.87. The molecular weight excluding hydrogens is 203 g/mol. The zero-order chi connectivity index (χ0) is 10.6. The van der Waals surface area contributed by atoms with E-state index < -0.39 is 13.4 Å². The highest BCUT2D eigenvalue weighted by Gasteiger charge is 2.33. The Morgan fingerprint density at radius 3 is 2.43 bits per heavy atom. The SMILES string of the molecule is CCCC(N1CCNCC1)P(=O)(O)O. The molecular formula is C8H19N2O3P. The number of rotatable bonds is 4. The summed E-state index contributed by atoms with van der Waals surface area (Å²) in [4.78, 5) is 20.3. The topological polar surface area (TPSA) is 72.8 Å². The summed E-state index contributed by atoms with van der Waals surface area (Å²) < 4.78 is 11.3. The predicted molar refractivity (Wildman–Crippen MR) is 55.2 cm³/mol. The first kappa shape index (κ1) is 12.1. The van der Waals surface area contributed by atoms with Gasteiger partial charge in [-0.2, -0.15) is 0 Å². The molecule has 5 nitrogen and oxygen atoms in total. The molecule has 0 aromatic rings. The van der Waals surface area contributed by atoms with E-state index in [1.54, 1.807) is 0 Å². The van der Waals surface area contributed by atoms with Crippen molar-refractivity contribution in [3.05, 3.63) is 0 Å². The van der Waals surface area contributed by atoms with Gasteiger partial charge in [0, 0.05) is 26.2 Å². The van der Waals surface area contributed by atoms with E-state index in [4.69, 9.17) is 0 Å². The van der Waals surface area contributed by atoms with Gasteiger partial charge in [-0.05, 0) is 6.42 Å². The number of nitrogens with one attached hydrogen (secondary N) is 1. The van der Waals surface area contributed by atoms with E-state index >= 15 is 0 Å². The summed E-state index contributed by atoms with van der Waals surface area (Å²) in [6, 6.07) is 0. The van der Waals surface area contributed by atoms with E-state index in [2.05, 4.69) is 5.32 Å². The summed E-state index contributed by atoms with van der Waals surface area (Å²) in [7, 11) is -3.96. The highest BCUT2D eigenvalue weighted by molar-refractivity contribution is 7.52. The van der Waals surface area contributed by atoms with Gasteiger partial charge in [-0.15, -0.1) is 0 Å². The van der Waals surface area contributed by atoms with Crippen molar-refractivity contribution < 1.29 is 14.4 Å². The first-order valence-electron chi connectivity index (χ1n) is 5.05. The maximum atomic E-state index is 11.3. The van der Waals surface area contributed by atoms with Gasteiger partial charge in [0.15, 0.2) is 0 Å². The lowest BCUT2D eigenvalue weighted by Crippen LogP contribution is -2.48. The molecule has 0 amide bonds. The molecule has 1 saturated heterocycles. The zero-order valence-electron chi connectivity index (χ0n) is 8.52. The summed E-state index contributed by atoms with van der Waals surface area (Å²) in [6.07, 6.45) is 1.38. The van der Waals surface area contributed by atoms with Crippen molar-refractivity contribution in [3.63, 3.8) is 0 Å². The second kappa shape index (κ2) is 5.24. The zero-order valence-corrected chi connectivity index (χ0v) is 9.41. The minimum atomic E-state index is -3.96. The molecule has 3 N–H and O–H groups in total. The van der Waals surface area contributed by atoms with E-state index in [0.29, 0.717) is 6.42 Å². The molecule has 0 radical (unpaired) electrons. The van der Waals surface area contributed by atoms with Crippen molar-refractivity contribution >= 4 is 7.60 Å². The first-order chi connectivity index (χ1) is 6.55. The number of piperazine rings is 1. The average Bonchev–Trinajstić information content (AvgIpc) is 2.14. The normalized spacial score (nSPS) is 22.2. The lowest BCUT2D eigenvalue weighted by molar-refractivity contribution is 0.184. The van der Waals surface area contributed by atoms with Gasteiger partial charge in [0.25, 0.3) is 0 Å². The fraction of sp³-hybridized carbons (Fsp3) is 1.00. The first-order valence-corrected chi connectivity index (χ1v) is 6.74. The minimum Gasteiger partial charge on any atom is -0.323 e. The highest BCUT2D eigenvalue weighted by Crippen LogP contribution is 2.45. The smallest absolute Gasteiger partial charge is 0.323 e. The molecule has 0 aromatic heterocycles. The molecule has 0 bridgehead atoms. The van der Waals surface area contributed by atoms with Gasteiger partial charge in [0.05, 0.1) is 0 Å². The Labute approximate surface area is 84.6 Å². The van der Waals surface area contributed by atoms with Crippen molar-refractivity contribution in [2.24, 2.45) is 0 Å². The summed E-state index contributed by atoms with van der Waals surface area (Å²) in [6.45, 7) is 5.05. The van der Waals surface area contributed by atoms with Crippen LogP contribution in [0.4, 0.5) is 0 Å². The summed E-state index contributed by atoms with van der Waals surface area (Å²) >= 11 is 0. The van der Waals surface area contributed by atoms with Crippen LogP contribution in [0.15, 0.2) is 0 Å². The van der Waals surface area contributed by atoms with Crippen LogP contribution < -0.4 is 5.32 Å².